The lowest BCUT2D eigenvalue weighted by atomic mass is 9.93. The Balaban J connectivity index is 1.36. The van der Waals surface area contributed by atoms with Crippen LogP contribution < -0.4 is 21.2 Å². The number of carboxylic acids is 1. The number of fused-ring (bicyclic) bond motifs is 2. The SMILES string of the molecule is Nc1c(F)c(NCCCC2=NS(=O)(=O)c3ccccc32)c2c3c1c(=O)c(C(=O)O)cn3C1(CCCC1)CO2. The van der Waals surface area contributed by atoms with Crippen molar-refractivity contribution in [3.05, 3.63) is 57.6 Å². The van der Waals surface area contributed by atoms with Gasteiger partial charge < -0.3 is 25.5 Å². The Morgan fingerprint density at radius 3 is 2.74 bits per heavy atom. The smallest absolute Gasteiger partial charge is 0.341 e. The quantitative estimate of drug-likeness (QED) is 0.317. The first-order valence-electron chi connectivity index (χ1n) is 12.4. The number of ether oxygens (including phenoxy) is 1. The Morgan fingerprint density at radius 1 is 1.26 bits per heavy atom. The van der Waals surface area contributed by atoms with Gasteiger partial charge >= 0.3 is 5.97 Å². The average Bonchev–Trinajstić information content (AvgIpc) is 3.46. The van der Waals surface area contributed by atoms with Crippen LogP contribution in [-0.2, 0) is 15.6 Å². The van der Waals surface area contributed by atoms with Gasteiger partial charge in [-0.3, -0.25) is 4.79 Å². The highest BCUT2D eigenvalue weighted by atomic mass is 32.2. The fourth-order valence-electron chi connectivity index (χ4n) is 5.89. The van der Waals surface area contributed by atoms with Crippen molar-refractivity contribution in [2.45, 2.75) is 49.0 Å². The third-order valence-electron chi connectivity index (χ3n) is 7.73. The van der Waals surface area contributed by atoms with Crippen LogP contribution >= 0.6 is 0 Å². The molecule has 1 fully saturated rings. The maximum Gasteiger partial charge on any atom is 0.341 e. The molecular weight excluding hydrogens is 515 g/mol. The number of nitrogen functional groups attached to an aromatic ring is 1. The number of aromatic nitrogens is 1. The fraction of sp³-hybridized carbons (Fsp3) is 0.346. The number of sulfonamides is 1. The van der Waals surface area contributed by atoms with Gasteiger partial charge in [0, 0.05) is 18.3 Å². The molecule has 0 radical (unpaired) electrons. The summed E-state index contributed by atoms with van der Waals surface area (Å²) in [5.41, 5.74) is 5.10. The maximum absolute atomic E-state index is 15.6. The first kappa shape index (κ1) is 24.4. The van der Waals surface area contributed by atoms with Crippen molar-refractivity contribution in [1.29, 1.82) is 0 Å². The van der Waals surface area contributed by atoms with Crippen LogP contribution in [0, 0.1) is 5.82 Å². The van der Waals surface area contributed by atoms with Gasteiger partial charge in [0.1, 0.15) is 17.9 Å². The molecule has 0 bridgehead atoms. The Kier molecular flexibility index (Phi) is 5.49. The van der Waals surface area contributed by atoms with Crippen LogP contribution in [0.25, 0.3) is 10.9 Å². The summed E-state index contributed by atoms with van der Waals surface area (Å²) in [6.45, 7) is 0.447. The summed E-state index contributed by atoms with van der Waals surface area (Å²) in [6, 6.07) is 6.61. The second kappa shape index (κ2) is 8.55. The Bertz CT molecular complexity index is 1720. The topological polar surface area (TPSA) is 153 Å². The highest BCUT2D eigenvalue weighted by Gasteiger charge is 2.43. The predicted molar refractivity (Wildman–Crippen MR) is 139 cm³/mol. The van der Waals surface area contributed by atoms with E-state index in [0.717, 1.165) is 25.7 Å². The molecule has 12 heteroatoms. The molecule has 10 nitrogen and oxygen atoms in total. The molecule has 0 atom stereocenters. The highest BCUT2D eigenvalue weighted by molar-refractivity contribution is 7.90. The summed E-state index contributed by atoms with van der Waals surface area (Å²) in [5, 5.41) is 12.5. The summed E-state index contributed by atoms with van der Waals surface area (Å²) < 4.78 is 51.9. The number of aromatic carboxylic acids is 1. The molecule has 3 aliphatic rings. The van der Waals surface area contributed by atoms with Crippen molar-refractivity contribution in [2.24, 2.45) is 4.40 Å². The number of carbonyl (C=O) groups is 1. The minimum absolute atomic E-state index is 0.0135. The highest BCUT2D eigenvalue weighted by Crippen LogP contribution is 2.48. The largest absolute Gasteiger partial charge is 0.487 e. The van der Waals surface area contributed by atoms with E-state index in [0.29, 0.717) is 24.1 Å². The van der Waals surface area contributed by atoms with E-state index >= 15 is 4.39 Å². The van der Waals surface area contributed by atoms with E-state index in [-0.39, 0.29) is 40.4 Å². The molecule has 198 valence electrons. The van der Waals surface area contributed by atoms with Gasteiger partial charge in [-0.15, -0.1) is 0 Å². The number of rotatable bonds is 6. The van der Waals surface area contributed by atoms with Gasteiger partial charge in [0.25, 0.3) is 10.0 Å². The van der Waals surface area contributed by atoms with Crippen LogP contribution in [0.15, 0.2) is 44.6 Å². The third-order valence-corrected chi connectivity index (χ3v) is 9.11. The van der Waals surface area contributed by atoms with Crippen molar-refractivity contribution in [3.8, 4) is 5.75 Å². The number of halogens is 1. The number of pyridine rings is 1. The molecule has 2 aromatic carbocycles. The first-order valence-corrected chi connectivity index (χ1v) is 13.8. The molecule has 2 aliphatic heterocycles. The number of nitrogens with zero attached hydrogens (tertiary/aromatic N) is 2. The van der Waals surface area contributed by atoms with Crippen molar-refractivity contribution in [3.63, 3.8) is 0 Å². The molecule has 1 aromatic heterocycles. The number of carboxylic acid groups (broad SMARTS) is 1. The zero-order valence-corrected chi connectivity index (χ0v) is 21.1. The minimum Gasteiger partial charge on any atom is -0.487 e. The zero-order chi connectivity index (χ0) is 26.8. The summed E-state index contributed by atoms with van der Waals surface area (Å²) in [5.74, 6) is -2.18. The number of hydrogen-bond acceptors (Lipinski definition) is 7. The Labute approximate surface area is 217 Å². The van der Waals surface area contributed by atoms with Gasteiger partial charge in [0.15, 0.2) is 11.6 Å². The molecule has 1 aliphatic carbocycles. The van der Waals surface area contributed by atoms with E-state index in [1.54, 1.807) is 22.8 Å². The lowest BCUT2D eigenvalue weighted by Crippen LogP contribution is -2.42. The summed E-state index contributed by atoms with van der Waals surface area (Å²) in [7, 11) is -3.72. The van der Waals surface area contributed by atoms with Gasteiger partial charge in [-0.1, -0.05) is 31.0 Å². The van der Waals surface area contributed by atoms with Crippen molar-refractivity contribution in [1.82, 2.24) is 4.57 Å². The summed E-state index contributed by atoms with van der Waals surface area (Å²) >= 11 is 0. The summed E-state index contributed by atoms with van der Waals surface area (Å²) in [6.07, 6.45) is 5.39. The average molecular weight is 541 g/mol. The number of benzene rings is 2. The van der Waals surface area contributed by atoms with Gasteiger partial charge in [-0.05, 0) is 31.7 Å². The van der Waals surface area contributed by atoms with Crippen molar-refractivity contribution >= 4 is 44.0 Å². The predicted octanol–water partition coefficient (Wildman–Crippen LogP) is 3.47. The molecular formula is C26H25FN4O6S. The van der Waals surface area contributed by atoms with E-state index in [1.165, 1.54) is 12.3 Å². The first-order chi connectivity index (χ1) is 18.1. The van der Waals surface area contributed by atoms with Crippen molar-refractivity contribution < 1.29 is 27.4 Å². The van der Waals surface area contributed by atoms with Crippen LogP contribution in [0.4, 0.5) is 15.8 Å². The molecule has 0 amide bonds. The van der Waals surface area contributed by atoms with E-state index in [2.05, 4.69) is 9.71 Å². The third kappa shape index (κ3) is 3.50. The second-order valence-electron chi connectivity index (χ2n) is 9.96. The number of anilines is 2. The lowest BCUT2D eigenvalue weighted by molar-refractivity contribution is 0.0692. The molecule has 3 heterocycles. The maximum atomic E-state index is 15.6. The zero-order valence-electron chi connectivity index (χ0n) is 20.3. The van der Waals surface area contributed by atoms with Crippen molar-refractivity contribution in [2.75, 3.05) is 24.2 Å². The van der Waals surface area contributed by atoms with Gasteiger partial charge in [0.05, 0.1) is 32.7 Å². The number of nitrogens with two attached hydrogens (primary N) is 1. The second-order valence-corrected chi connectivity index (χ2v) is 11.5. The van der Waals surface area contributed by atoms with Crippen LogP contribution in [0.1, 0.15) is 54.4 Å². The molecule has 38 heavy (non-hydrogen) atoms. The molecule has 1 spiro atoms. The molecule has 4 N–H and O–H groups in total. The van der Waals surface area contributed by atoms with E-state index < -0.39 is 44.0 Å². The van der Waals surface area contributed by atoms with Crippen LogP contribution in [0.2, 0.25) is 0 Å². The fourth-order valence-corrected chi connectivity index (χ4v) is 7.18. The number of nitrogens with one attached hydrogen (secondary N) is 1. The molecule has 1 saturated carbocycles. The minimum atomic E-state index is -3.72. The molecule has 0 saturated heterocycles. The number of hydrogen-bond donors (Lipinski definition) is 3. The molecule has 6 rings (SSSR count). The lowest BCUT2D eigenvalue weighted by Gasteiger charge is -2.39. The van der Waals surface area contributed by atoms with E-state index in [9.17, 15) is 23.1 Å². The standard InChI is InChI=1S/C26H25FN4O6S/c27-19-20(28)18-22-24(37-13-26(9-3-4-10-26)31(22)12-15(23(18)32)25(33)34)21(19)29-11-5-7-16-14-6-1-2-8-17(14)38(35,36)30-16/h1-2,6,8,12,29H,3-5,7,9-11,13,28H2,(H,33,34). The van der Waals surface area contributed by atoms with Gasteiger partial charge in [0.2, 0.25) is 5.43 Å². The monoisotopic (exact) mass is 540 g/mol. The van der Waals surface area contributed by atoms with Gasteiger partial charge in [-0.2, -0.15) is 12.8 Å². The normalized spacial score (nSPS) is 18.3. The van der Waals surface area contributed by atoms with Gasteiger partial charge in [-0.25, -0.2) is 9.18 Å². The van der Waals surface area contributed by atoms with Crippen LogP contribution in [0.3, 0.4) is 0 Å². The van der Waals surface area contributed by atoms with Crippen LogP contribution in [-0.4, -0.2) is 42.9 Å². The van der Waals surface area contributed by atoms with E-state index in [4.69, 9.17) is 10.5 Å². The Morgan fingerprint density at radius 2 is 2.00 bits per heavy atom. The molecule has 3 aromatic rings. The summed E-state index contributed by atoms with van der Waals surface area (Å²) in [4.78, 5) is 25.1. The van der Waals surface area contributed by atoms with Crippen LogP contribution in [0.5, 0.6) is 5.75 Å². The Hall–Kier alpha value is -3.93. The van der Waals surface area contributed by atoms with E-state index in [1.807, 2.05) is 0 Å². The molecule has 0 unspecified atom stereocenters.